The molecule has 1 fully saturated rings. The van der Waals surface area contributed by atoms with Crippen molar-refractivity contribution >= 4 is 17.0 Å². The highest BCUT2D eigenvalue weighted by Crippen LogP contribution is 2.21. The van der Waals surface area contributed by atoms with E-state index in [9.17, 15) is 4.79 Å². The molecule has 0 spiro atoms. The van der Waals surface area contributed by atoms with Gasteiger partial charge in [-0.1, -0.05) is 12.1 Å². The fourth-order valence-corrected chi connectivity index (χ4v) is 3.29. The monoisotopic (exact) mass is 329 g/mol. The molecule has 5 nitrogen and oxygen atoms in total. The predicted molar refractivity (Wildman–Crippen MR) is 95.9 cm³/mol. The minimum absolute atomic E-state index is 0.133. The van der Waals surface area contributed by atoms with Crippen LogP contribution in [-0.4, -0.2) is 28.8 Å². The first-order valence-electron chi connectivity index (χ1n) is 8.70. The van der Waals surface area contributed by atoms with E-state index < -0.39 is 5.60 Å². The number of aromatic nitrogens is 1. The van der Waals surface area contributed by atoms with Crippen LogP contribution in [0.5, 0.6) is 0 Å². The van der Waals surface area contributed by atoms with Gasteiger partial charge >= 0.3 is 6.09 Å². The average Bonchev–Trinajstić information content (AvgIpc) is 3.11. The fourth-order valence-electron chi connectivity index (χ4n) is 3.29. The number of ether oxygens (including phenoxy) is 1. The van der Waals surface area contributed by atoms with E-state index in [1.54, 1.807) is 0 Å². The second-order valence-electron chi connectivity index (χ2n) is 7.57. The molecule has 1 saturated carbocycles. The molecule has 5 heteroatoms. The molecule has 2 aromatic rings. The first kappa shape index (κ1) is 16.8. The lowest BCUT2D eigenvalue weighted by atomic mass is 10.1. The quantitative estimate of drug-likeness (QED) is 0.801. The van der Waals surface area contributed by atoms with Gasteiger partial charge in [0.15, 0.2) is 0 Å². The number of H-pyrrole nitrogens is 1. The number of carbonyl (C=O) groups is 1. The van der Waals surface area contributed by atoms with Crippen LogP contribution >= 0.6 is 0 Å². The summed E-state index contributed by atoms with van der Waals surface area (Å²) in [5.74, 6) is 0. The number of carbonyl (C=O) groups excluding carboxylic acids is 1. The first-order chi connectivity index (χ1) is 11.4. The largest absolute Gasteiger partial charge is 0.444 e. The third kappa shape index (κ3) is 4.29. The van der Waals surface area contributed by atoms with Crippen LogP contribution < -0.4 is 10.6 Å². The lowest BCUT2D eigenvalue weighted by Crippen LogP contribution is -2.47. The van der Waals surface area contributed by atoms with Crippen LogP contribution in [0.3, 0.4) is 0 Å². The fraction of sp³-hybridized carbons (Fsp3) is 0.526. The first-order valence-corrected chi connectivity index (χ1v) is 8.70. The number of fused-ring (bicyclic) bond motifs is 1. The second-order valence-corrected chi connectivity index (χ2v) is 7.57. The van der Waals surface area contributed by atoms with Crippen molar-refractivity contribution in [2.24, 2.45) is 0 Å². The zero-order chi connectivity index (χ0) is 17.2. The molecule has 3 rings (SSSR count). The molecule has 0 saturated heterocycles. The van der Waals surface area contributed by atoms with Gasteiger partial charge in [0.25, 0.3) is 0 Å². The molecule has 1 amide bonds. The van der Waals surface area contributed by atoms with E-state index in [0.29, 0.717) is 0 Å². The van der Waals surface area contributed by atoms with E-state index in [1.165, 1.54) is 10.9 Å². The van der Waals surface area contributed by atoms with Crippen LogP contribution in [0.1, 0.15) is 45.6 Å². The van der Waals surface area contributed by atoms with Crippen LogP contribution in [0.25, 0.3) is 10.9 Å². The van der Waals surface area contributed by atoms with Crippen LogP contribution in [0.15, 0.2) is 30.5 Å². The third-order valence-electron chi connectivity index (χ3n) is 4.41. The Morgan fingerprint density at radius 1 is 1.25 bits per heavy atom. The van der Waals surface area contributed by atoms with Gasteiger partial charge in [0.2, 0.25) is 0 Å². The molecule has 3 N–H and O–H groups in total. The van der Waals surface area contributed by atoms with Gasteiger partial charge < -0.3 is 20.4 Å². The van der Waals surface area contributed by atoms with E-state index in [0.717, 1.165) is 31.3 Å². The van der Waals surface area contributed by atoms with Gasteiger partial charge in [0.05, 0.1) is 0 Å². The Hall–Kier alpha value is -2.01. The molecular weight excluding hydrogens is 302 g/mol. The smallest absolute Gasteiger partial charge is 0.407 e. The van der Waals surface area contributed by atoms with Crippen LogP contribution in [0, 0.1) is 0 Å². The Kier molecular flexibility index (Phi) is 4.81. The Balaban J connectivity index is 1.54. The molecule has 0 bridgehead atoms. The summed E-state index contributed by atoms with van der Waals surface area (Å²) >= 11 is 0. The summed E-state index contributed by atoms with van der Waals surface area (Å²) < 4.78 is 5.37. The molecule has 130 valence electrons. The predicted octanol–water partition coefficient (Wildman–Crippen LogP) is 3.70. The van der Waals surface area contributed by atoms with Gasteiger partial charge in [0.1, 0.15) is 5.60 Å². The lowest BCUT2D eigenvalue weighted by molar-refractivity contribution is 0.0498. The van der Waals surface area contributed by atoms with Gasteiger partial charge in [-0.2, -0.15) is 0 Å². The maximum absolute atomic E-state index is 12.0. The molecule has 1 aromatic heterocycles. The molecular formula is C19H27N3O2. The Labute approximate surface area is 143 Å². The van der Waals surface area contributed by atoms with Crippen molar-refractivity contribution in [2.45, 2.75) is 64.3 Å². The van der Waals surface area contributed by atoms with Crippen LogP contribution in [0.2, 0.25) is 0 Å². The molecule has 2 atom stereocenters. The van der Waals surface area contributed by atoms with E-state index in [1.807, 2.05) is 27.0 Å². The van der Waals surface area contributed by atoms with Crippen molar-refractivity contribution < 1.29 is 9.53 Å². The van der Waals surface area contributed by atoms with Gasteiger partial charge in [-0.05, 0) is 63.1 Å². The van der Waals surface area contributed by atoms with Gasteiger partial charge in [-0.15, -0.1) is 0 Å². The summed E-state index contributed by atoms with van der Waals surface area (Å²) in [5.41, 5.74) is 1.94. The van der Waals surface area contributed by atoms with Crippen molar-refractivity contribution in [1.29, 1.82) is 0 Å². The maximum atomic E-state index is 12.0. The van der Waals surface area contributed by atoms with Gasteiger partial charge in [0, 0.05) is 30.3 Å². The average molecular weight is 329 g/mol. The van der Waals surface area contributed by atoms with Crippen molar-refractivity contribution in [1.82, 2.24) is 15.6 Å². The van der Waals surface area contributed by atoms with Gasteiger partial charge in [-0.25, -0.2) is 4.79 Å². The van der Waals surface area contributed by atoms with E-state index in [2.05, 4.69) is 39.9 Å². The number of hydrogen-bond donors (Lipinski definition) is 3. The summed E-state index contributed by atoms with van der Waals surface area (Å²) in [5, 5.41) is 7.83. The van der Waals surface area contributed by atoms with Crippen LogP contribution in [0.4, 0.5) is 4.79 Å². The normalized spacial score (nSPS) is 21.1. The van der Waals surface area contributed by atoms with Crippen LogP contribution in [-0.2, 0) is 11.3 Å². The maximum Gasteiger partial charge on any atom is 0.407 e. The number of aromatic amines is 1. The molecule has 2 unspecified atom stereocenters. The molecule has 0 radical (unpaired) electrons. The Bertz CT molecular complexity index is 702. The zero-order valence-electron chi connectivity index (χ0n) is 14.7. The molecule has 1 heterocycles. The summed E-state index contributed by atoms with van der Waals surface area (Å²) in [6.07, 6.45) is 4.82. The Morgan fingerprint density at radius 2 is 2.04 bits per heavy atom. The summed E-state index contributed by atoms with van der Waals surface area (Å²) in [7, 11) is 0. The number of hydrogen-bond acceptors (Lipinski definition) is 3. The molecule has 1 aliphatic rings. The molecule has 24 heavy (non-hydrogen) atoms. The topological polar surface area (TPSA) is 66.2 Å². The third-order valence-corrected chi connectivity index (χ3v) is 4.41. The molecule has 0 aliphatic heterocycles. The highest BCUT2D eigenvalue weighted by Gasteiger charge is 2.29. The zero-order valence-corrected chi connectivity index (χ0v) is 14.7. The molecule has 1 aliphatic carbocycles. The van der Waals surface area contributed by atoms with Crippen molar-refractivity contribution in [3.8, 4) is 0 Å². The van der Waals surface area contributed by atoms with Crippen molar-refractivity contribution in [3.63, 3.8) is 0 Å². The van der Waals surface area contributed by atoms with Crippen molar-refractivity contribution in [2.75, 3.05) is 0 Å². The van der Waals surface area contributed by atoms with Crippen molar-refractivity contribution in [3.05, 3.63) is 36.0 Å². The highest BCUT2D eigenvalue weighted by molar-refractivity contribution is 5.79. The summed E-state index contributed by atoms with van der Waals surface area (Å²) in [6.45, 7) is 6.45. The number of amides is 1. The van der Waals surface area contributed by atoms with E-state index in [4.69, 9.17) is 4.74 Å². The van der Waals surface area contributed by atoms with Gasteiger partial charge in [-0.3, -0.25) is 0 Å². The molecule has 1 aromatic carbocycles. The highest BCUT2D eigenvalue weighted by atomic mass is 16.6. The van der Waals surface area contributed by atoms with E-state index in [-0.39, 0.29) is 18.2 Å². The number of benzene rings is 1. The minimum Gasteiger partial charge on any atom is -0.444 e. The van der Waals surface area contributed by atoms with E-state index >= 15 is 0 Å². The summed E-state index contributed by atoms with van der Waals surface area (Å²) in [6, 6.07) is 8.95. The number of nitrogens with one attached hydrogen (secondary N) is 3. The lowest BCUT2D eigenvalue weighted by Gasteiger charge is -2.25. The summed E-state index contributed by atoms with van der Waals surface area (Å²) in [4.78, 5) is 15.2. The standard InChI is InChI=1S/C19H27N3O2/c1-19(2,3)24-18(23)22-16-6-4-5-15(16)21-12-13-7-8-14-9-10-20-17(14)11-13/h7-11,15-16,20-21H,4-6,12H2,1-3H3,(H,22,23). The Morgan fingerprint density at radius 3 is 2.83 bits per heavy atom. The second kappa shape index (κ2) is 6.85. The number of alkyl carbamates (subject to hydrolysis) is 1. The SMILES string of the molecule is CC(C)(C)OC(=O)NC1CCCC1NCc1ccc2cc[nH]c2c1. The minimum atomic E-state index is -0.461. The number of rotatable bonds is 4.